The van der Waals surface area contributed by atoms with Crippen molar-refractivity contribution in [2.24, 2.45) is 0 Å². The first-order valence-corrected chi connectivity index (χ1v) is 6.31. The lowest BCUT2D eigenvalue weighted by atomic mass is 10.1. The summed E-state index contributed by atoms with van der Waals surface area (Å²) in [5, 5.41) is 2.70. The van der Waals surface area contributed by atoms with Crippen LogP contribution in [0, 0.1) is 0 Å². The van der Waals surface area contributed by atoms with Gasteiger partial charge in [0.05, 0.1) is 5.56 Å². The number of carbonyl (C=O) groups is 1. The fraction of sp³-hybridized carbons (Fsp3) is 0.200. The Morgan fingerprint density at radius 2 is 1.67 bits per heavy atom. The van der Waals surface area contributed by atoms with Gasteiger partial charge in [-0.2, -0.15) is 13.2 Å². The van der Waals surface area contributed by atoms with Crippen LogP contribution < -0.4 is 5.32 Å². The summed E-state index contributed by atoms with van der Waals surface area (Å²) in [6.07, 6.45) is -0.821. The molecule has 0 spiro atoms. The third kappa shape index (κ3) is 4.30. The first-order valence-electron chi connectivity index (χ1n) is 6.31. The summed E-state index contributed by atoms with van der Waals surface area (Å²) in [5.74, 6) is -0.232. The summed E-state index contributed by atoms with van der Waals surface area (Å²) >= 11 is 0. The predicted molar refractivity (Wildman–Crippen MR) is 71.7 cm³/mol. The smallest absolute Gasteiger partial charge is 0.352 e. The molecule has 1 amide bonds. The second-order valence-electron chi connectivity index (χ2n) is 4.44. The lowest BCUT2D eigenvalue weighted by Gasteiger charge is -2.08. The van der Waals surface area contributed by atoms with E-state index in [1.807, 2.05) is 0 Å². The van der Waals surface area contributed by atoms with Gasteiger partial charge in [-0.1, -0.05) is 12.1 Å². The number of nitrogens with zero attached hydrogens (tertiary/aromatic N) is 1. The van der Waals surface area contributed by atoms with Crippen molar-refractivity contribution in [1.82, 2.24) is 10.3 Å². The van der Waals surface area contributed by atoms with Gasteiger partial charge in [-0.15, -0.1) is 0 Å². The number of benzene rings is 1. The minimum atomic E-state index is -4.33. The standard InChI is InChI=1S/C15H13F3N2O/c16-15(17,18)13-3-1-11(2-4-13)5-10-20-14(21)12-6-8-19-9-7-12/h1-4,6-9H,5,10H2,(H,20,21). The number of aromatic nitrogens is 1. The molecule has 1 aromatic heterocycles. The molecule has 3 nitrogen and oxygen atoms in total. The van der Waals surface area contributed by atoms with Gasteiger partial charge in [0.25, 0.3) is 5.91 Å². The number of halogens is 3. The summed E-state index contributed by atoms with van der Waals surface area (Å²) in [7, 11) is 0. The molecule has 0 atom stereocenters. The van der Waals surface area contributed by atoms with E-state index in [1.165, 1.54) is 24.5 Å². The Hall–Kier alpha value is -2.37. The zero-order chi connectivity index (χ0) is 15.3. The number of alkyl halides is 3. The molecule has 0 saturated heterocycles. The molecule has 0 aliphatic carbocycles. The van der Waals surface area contributed by atoms with E-state index in [9.17, 15) is 18.0 Å². The fourth-order valence-electron chi connectivity index (χ4n) is 1.79. The molecule has 0 bridgehead atoms. The first kappa shape index (κ1) is 15.0. The Kier molecular flexibility index (Phi) is 4.57. The van der Waals surface area contributed by atoms with E-state index in [4.69, 9.17) is 0 Å². The Balaban J connectivity index is 1.85. The van der Waals surface area contributed by atoms with Gasteiger partial charge in [0.2, 0.25) is 0 Å². The quantitative estimate of drug-likeness (QED) is 0.941. The van der Waals surface area contributed by atoms with Gasteiger partial charge < -0.3 is 5.32 Å². The van der Waals surface area contributed by atoms with Crippen LogP contribution in [0.15, 0.2) is 48.8 Å². The largest absolute Gasteiger partial charge is 0.416 e. The summed E-state index contributed by atoms with van der Waals surface area (Å²) in [4.78, 5) is 15.5. The number of rotatable bonds is 4. The van der Waals surface area contributed by atoms with E-state index in [1.54, 1.807) is 12.1 Å². The Morgan fingerprint density at radius 1 is 1.05 bits per heavy atom. The van der Waals surface area contributed by atoms with Crippen molar-refractivity contribution in [1.29, 1.82) is 0 Å². The van der Waals surface area contributed by atoms with E-state index >= 15 is 0 Å². The second-order valence-corrected chi connectivity index (χ2v) is 4.44. The van der Waals surface area contributed by atoms with Crippen LogP contribution in [-0.4, -0.2) is 17.4 Å². The highest BCUT2D eigenvalue weighted by atomic mass is 19.4. The third-order valence-corrected chi connectivity index (χ3v) is 2.92. The zero-order valence-corrected chi connectivity index (χ0v) is 11.0. The molecule has 0 aliphatic heterocycles. The average Bonchev–Trinajstić information content (AvgIpc) is 2.47. The van der Waals surface area contributed by atoms with E-state index in [2.05, 4.69) is 10.3 Å². The van der Waals surface area contributed by atoms with Gasteiger partial charge >= 0.3 is 6.18 Å². The molecule has 1 heterocycles. The van der Waals surface area contributed by atoms with E-state index < -0.39 is 11.7 Å². The molecule has 0 saturated carbocycles. The molecule has 110 valence electrons. The zero-order valence-electron chi connectivity index (χ0n) is 11.0. The number of carbonyl (C=O) groups excluding carboxylic acids is 1. The van der Waals surface area contributed by atoms with Crippen LogP contribution in [0.25, 0.3) is 0 Å². The molecule has 2 rings (SSSR count). The highest BCUT2D eigenvalue weighted by molar-refractivity contribution is 5.93. The van der Waals surface area contributed by atoms with E-state index in [0.717, 1.165) is 17.7 Å². The van der Waals surface area contributed by atoms with Crippen LogP contribution in [0.4, 0.5) is 13.2 Å². The number of pyridine rings is 1. The highest BCUT2D eigenvalue weighted by Gasteiger charge is 2.29. The third-order valence-electron chi connectivity index (χ3n) is 2.92. The molecule has 1 aromatic carbocycles. The molecular formula is C15H13F3N2O. The van der Waals surface area contributed by atoms with Crippen LogP contribution in [0.1, 0.15) is 21.5 Å². The summed E-state index contributed by atoms with van der Waals surface area (Å²) < 4.78 is 37.2. The molecule has 0 unspecified atom stereocenters. The monoisotopic (exact) mass is 294 g/mol. The highest BCUT2D eigenvalue weighted by Crippen LogP contribution is 2.29. The molecule has 6 heteroatoms. The van der Waals surface area contributed by atoms with Crippen molar-refractivity contribution < 1.29 is 18.0 Å². The Labute approximate surface area is 119 Å². The van der Waals surface area contributed by atoms with Crippen molar-refractivity contribution in [2.45, 2.75) is 12.6 Å². The number of nitrogens with one attached hydrogen (secondary N) is 1. The van der Waals surface area contributed by atoms with Crippen molar-refractivity contribution in [2.75, 3.05) is 6.54 Å². The molecule has 0 radical (unpaired) electrons. The van der Waals surface area contributed by atoms with Gasteiger partial charge in [-0.05, 0) is 36.2 Å². The van der Waals surface area contributed by atoms with Gasteiger partial charge in [0.1, 0.15) is 0 Å². The summed E-state index contributed by atoms with van der Waals surface area (Å²) in [5.41, 5.74) is 0.558. The van der Waals surface area contributed by atoms with Crippen LogP contribution >= 0.6 is 0 Å². The van der Waals surface area contributed by atoms with Crippen molar-refractivity contribution in [3.8, 4) is 0 Å². The SMILES string of the molecule is O=C(NCCc1ccc(C(F)(F)F)cc1)c1ccncc1. The van der Waals surface area contributed by atoms with Crippen molar-refractivity contribution in [3.63, 3.8) is 0 Å². The minimum absolute atomic E-state index is 0.232. The predicted octanol–water partition coefficient (Wildman–Crippen LogP) is 3.07. The lowest BCUT2D eigenvalue weighted by Crippen LogP contribution is -2.25. The first-order chi connectivity index (χ1) is 9.97. The average molecular weight is 294 g/mol. The maximum absolute atomic E-state index is 12.4. The summed E-state index contributed by atoms with van der Waals surface area (Å²) in [6.45, 7) is 0.354. The van der Waals surface area contributed by atoms with Crippen LogP contribution in [0.2, 0.25) is 0 Å². The van der Waals surface area contributed by atoms with Gasteiger partial charge in [-0.3, -0.25) is 9.78 Å². The Morgan fingerprint density at radius 3 is 2.24 bits per heavy atom. The van der Waals surface area contributed by atoms with Gasteiger partial charge in [0, 0.05) is 24.5 Å². The topological polar surface area (TPSA) is 42.0 Å². The Bertz CT molecular complexity index is 595. The minimum Gasteiger partial charge on any atom is -0.352 e. The maximum Gasteiger partial charge on any atom is 0.416 e. The second kappa shape index (κ2) is 6.39. The number of hydrogen-bond donors (Lipinski definition) is 1. The maximum atomic E-state index is 12.4. The van der Waals surface area contributed by atoms with Crippen LogP contribution in [0.3, 0.4) is 0 Å². The van der Waals surface area contributed by atoms with E-state index in [-0.39, 0.29) is 5.91 Å². The van der Waals surface area contributed by atoms with E-state index in [0.29, 0.717) is 18.5 Å². The summed E-state index contributed by atoms with van der Waals surface area (Å²) in [6, 6.07) is 8.10. The van der Waals surface area contributed by atoms with Gasteiger partial charge in [-0.25, -0.2) is 0 Å². The lowest BCUT2D eigenvalue weighted by molar-refractivity contribution is -0.137. The fourth-order valence-corrected chi connectivity index (χ4v) is 1.79. The molecular weight excluding hydrogens is 281 g/mol. The molecule has 2 aromatic rings. The van der Waals surface area contributed by atoms with Crippen LogP contribution in [0.5, 0.6) is 0 Å². The normalized spacial score (nSPS) is 11.2. The number of amides is 1. The van der Waals surface area contributed by atoms with Crippen LogP contribution in [-0.2, 0) is 12.6 Å². The molecule has 21 heavy (non-hydrogen) atoms. The van der Waals surface area contributed by atoms with Gasteiger partial charge in [0.15, 0.2) is 0 Å². The molecule has 0 aliphatic rings. The molecule has 0 fully saturated rings. The molecule has 1 N–H and O–H groups in total. The van der Waals surface area contributed by atoms with Crippen molar-refractivity contribution in [3.05, 3.63) is 65.5 Å². The number of hydrogen-bond acceptors (Lipinski definition) is 2. The van der Waals surface area contributed by atoms with Crippen molar-refractivity contribution >= 4 is 5.91 Å².